The van der Waals surface area contributed by atoms with E-state index >= 15 is 0 Å². The molecule has 0 radical (unpaired) electrons. The lowest BCUT2D eigenvalue weighted by Gasteiger charge is -2.21. The van der Waals surface area contributed by atoms with Crippen molar-refractivity contribution in [2.45, 2.75) is 57.8 Å². The van der Waals surface area contributed by atoms with Crippen LogP contribution in [0.5, 0.6) is 5.75 Å². The summed E-state index contributed by atoms with van der Waals surface area (Å²) in [7, 11) is 0. The second-order valence-corrected chi connectivity index (χ2v) is 8.00. The molecule has 1 aliphatic carbocycles. The number of halogens is 1. The van der Waals surface area contributed by atoms with E-state index in [1.165, 1.54) is 44.6 Å². The van der Waals surface area contributed by atoms with Gasteiger partial charge >= 0.3 is 0 Å². The second-order valence-electron chi connectivity index (χ2n) is 7.57. The number of carbonyl (C=O) groups excluding carboxylic acids is 3. The van der Waals surface area contributed by atoms with Gasteiger partial charge in [0.25, 0.3) is 5.91 Å². The Kier molecular flexibility index (Phi) is 7.26. The minimum Gasteiger partial charge on any atom is -0.493 e. The highest BCUT2D eigenvalue weighted by Gasteiger charge is 2.28. The van der Waals surface area contributed by atoms with Gasteiger partial charge in [0, 0.05) is 10.6 Å². The first kappa shape index (κ1) is 20.6. The van der Waals surface area contributed by atoms with Gasteiger partial charge in [-0.2, -0.15) is 0 Å². The number of benzene rings is 1. The lowest BCUT2D eigenvalue weighted by atomic mass is 9.86. The van der Waals surface area contributed by atoms with Gasteiger partial charge < -0.3 is 4.74 Å². The van der Waals surface area contributed by atoms with Crippen LogP contribution in [0.1, 0.15) is 63.4 Å². The molecule has 2 aliphatic rings. The Bertz CT molecular complexity index is 759. The minimum absolute atomic E-state index is 0.0518. The van der Waals surface area contributed by atoms with Crippen molar-refractivity contribution in [3.8, 4) is 5.75 Å². The third kappa shape index (κ3) is 5.68. The molecule has 1 aliphatic heterocycles. The number of unbranched alkanes of at least 4 members (excludes halogenated alkanes) is 1. The number of rotatable bonds is 7. The highest BCUT2D eigenvalue weighted by molar-refractivity contribution is 6.33. The second kappa shape index (κ2) is 9.87. The number of ether oxygens (including phenoxy) is 1. The predicted molar refractivity (Wildman–Crippen MR) is 108 cm³/mol. The highest BCUT2D eigenvalue weighted by Crippen LogP contribution is 2.29. The highest BCUT2D eigenvalue weighted by atomic mass is 35.5. The van der Waals surface area contributed by atoms with Gasteiger partial charge in [-0.15, -0.1) is 0 Å². The molecule has 1 aromatic carbocycles. The molecule has 2 fully saturated rings. The third-order valence-electron chi connectivity index (χ3n) is 5.38. The molecule has 28 heavy (non-hydrogen) atoms. The fourth-order valence-electron chi connectivity index (χ4n) is 3.86. The number of carbonyl (C=O) groups is 3. The molecule has 1 aromatic rings. The third-order valence-corrected chi connectivity index (χ3v) is 5.61. The molecule has 0 atom stereocenters. The Morgan fingerprint density at radius 2 is 1.89 bits per heavy atom. The Morgan fingerprint density at radius 1 is 1.11 bits per heavy atom. The summed E-state index contributed by atoms with van der Waals surface area (Å²) in [5, 5.41) is 2.65. The number of nitrogens with one attached hydrogen (secondary N) is 1. The van der Waals surface area contributed by atoms with Crippen LogP contribution in [0.2, 0.25) is 5.02 Å². The van der Waals surface area contributed by atoms with Gasteiger partial charge in [0.2, 0.25) is 5.91 Å². The molecule has 1 N–H and O–H groups in total. The molecule has 0 spiro atoms. The molecule has 1 saturated heterocycles. The van der Waals surface area contributed by atoms with Crippen LogP contribution < -0.4 is 10.1 Å². The zero-order valence-electron chi connectivity index (χ0n) is 16.0. The van der Waals surface area contributed by atoms with Crippen LogP contribution in [0, 0.1) is 5.92 Å². The quantitative estimate of drug-likeness (QED) is 0.240. The van der Waals surface area contributed by atoms with Crippen LogP contribution in [0.25, 0.3) is 6.08 Å². The van der Waals surface area contributed by atoms with E-state index in [1.807, 2.05) is 0 Å². The van der Waals surface area contributed by atoms with Crippen LogP contribution in [-0.4, -0.2) is 24.2 Å². The first-order valence-corrected chi connectivity index (χ1v) is 10.4. The summed E-state index contributed by atoms with van der Waals surface area (Å²) >= 11 is 6.08. The standard InChI is InChI=1S/C22H26ClNO4/c23-17-9-10-20(28-11-5-4-8-15-6-2-1-3-7-15)16(12-17)13-18-19(25)14-21(26)24-22(18)27/h9-10,12-13,15H,1-8,11,14H2,(H,24,26,27)/b18-13-. The Balaban J connectivity index is 1.59. The van der Waals surface area contributed by atoms with Crippen LogP contribution >= 0.6 is 11.6 Å². The number of hydrogen-bond acceptors (Lipinski definition) is 4. The van der Waals surface area contributed by atoms with E-state index in [-0.39, 0.29) is 12.0 Å². The van der Waals surface area contributed by atoms with Crippen molar-refractivity contribution in [2.75, 3.05) is 6.61 Å². The van der Waals surface area contributed by atoms with Gasteiger partial charge in [0.05, 0.1) is 18.6 Å². The van der Waals surface area contributed by atoms with Gasteiger partial charge in [-0.25, -0.2) is 0 Å². The molecular formula is C22H26ClNO4. The number of piperidine rings is 1. The average molecular weight is 404 g/mol. The first-order valence-electron chi connectivity index (χ1n) is 10.0. The first-order chi connectivity index (χ1) is 13.5. The maximum atomic E-state index is 12.0. The van der Waals surface area contributed by atoms with E-state index in [0.717, 1.165) is 18.8 Å². The number of Topliss-reactive ketones (excluding diaryl/α,β-unsaturated/α-hetero) is 1. The zero-order chi connectivity index (χ0) is 19.9. The van der Waals surface area contributed by atoms with Gasteiger partial charge in [-0.05, 0) is 43.0 Å². The summed E-state index contributed by atoms with van der Waals surface area (Å²) < 4.78 is 5.90. The summed E-state index contributed by atoms with van der Waals surface area (Å²) in [6, 6.07) is 5.11. The molecule has 5 nitrogen and oxygen atoms in total. The Hall–Kier alpha value is -2.14. The maximum absolute atomic E-state index is 12.0. The van der Waals surface area contributed by atoms with Crippen LogP contribution in [0.3, 0.4) is 0 Å². The lowest BCUT2D eigenvalue weighted by Crippen LogP contribution is -2.40. The topological polar surface area (TPSA) is 72.5 Å². The average Bonchev–Trinajstić information content (AvgIpc) is 2.66. The van der Waals surface area contributed by atoms with E-state index in [4.69, 9.17) is 16.3 Å². The number of hydrogen-bond donors (Lipinski definition) is 1. The number of ketones is 1. The SMILES string of the molecule is O=C1CC(=O)/C(=C/c2cc(Cl)ccc2OCCCCC2CCCCC2)C(=O)N1. The van der Waals surface area contributed by atoms with Crippen molar-refractivity contribution in [2.24, 2.45) is 5.92 Å². The van der Waals surface area contributed by atoms with Gasteiger partial charge in [0.15, 0.2) is 5.78 Å². The smallest absolute Gasteiger partial charge is 0.261 e. The molecule has 0 bridgehead atoms. The molecular weight excluding hydrogens is 378 g/mol. The number of imide groups is 1. The zero-order valence-corrected chi connectivity index (χ0v) is 16.7. The van der Waals surface area contributed by atoms with E-state index < -0.39 is 17.6 Å². The summed E-state index contributed by atoms with van der Waals surface area (Å²) in [5.74, 6) is -0.310. The monoisotopic (exact) mass is 403 g/mol. The van der Waals surface area contributed by atoms with E-state index in [9.17, 15) is 14.4 Å². The van der Waals surface area contributed by atoms with Crippen LogP contribution in [0.15, 0.2) is 23.8 Å². The summed E-state index contributed by atoms with van der Waals surface area (Å²) in [5.41, 5.74) is 0.511. The normalized spacial score (nSPS) is 19.8. The van der Waals surface area contributed by atoms with E-state index in [0.29, 0.717) is 22.9 Å². The molecule has 0 unspecified atom stereocenters. The van der Waals surface area contributed by atoms with Crippen molar-refractivity contribution in [1.29, 1.82) is 0 Å². The van der Waals surface area contributed by atoms with Crippen molar-refractivity contribution < 1.29 is 19.1 Å². The molecule has 2 amide bonds. The van der Waals surface area contributed by atoms with Gasteiger partial charge in [-0.1, -0.05) is 50.1 Å². The van der Waals surface area contributed by atoms with E-state index in [2.05, 4.69) is 5.32 Å². The molecule has 6 heteroatoms. The Labute approximate surface area is 170 Å². The van der Waals surface area contributed by atoms with Crippen LogP contribution in [0.4, 0.5) is 0 Å². The van der Waals surface area contributed by atoms with E-state index in [1.54, 1.807) is 18.2 Å². The van der Waals surface area contributed by atoms with Crippen molar-refractivity contribution in [3.05, 3.63) is 34.4 Å². The largest absolute Gasteiger partial charge is 0.493 e. The predicted octanol–water partition coefficient (Wildman–Crippen LogP) is 4.47. The fraction of sp³-hybridized carbons (Fsp3) is 0.500. The molecule has 3 rings (SSSR count). The fourth-order valence-corrected chi connectivity index (χ4v) is 4.04. The summed E-state index contributed by atoms with van der Waals surface area (Å²) in [4.78, 5) is 35.3. The molecule has 150 valence electrons. The van der Waals surface area contributed by atoms with Crippen molar-refractivity contribution in [1.82, 2.24) is 5.32 Å². The lowest BCUT2D eigenvalue weighted by molar-refractivity contribution is -0.134. The van der Waals surface area contributed by atoms with Crippen molar-refractivity contribution in [3.63, 3.8) is 0 Å². The maximum Gasteiger partial charge on any atom is 0.261 e. The summed E-state index contributed by atoms with van der Waals surface area (Å²) in [6.45, 7) is 0.573. The Morgan fingerprint density at radius 3 is 2.64 bits per heavy atom. The molecule has 0 aromatic heterocycles. The minimum atomic E-state index is -0.681. The summed E-state index contributed by atoms with van der Waals surface area (Å²) in [6.07, 6.45) is 11.3. The van der Waals surface area contributed by atoms with Gasteiger partial charge in [-0.3, -0.25) is 19.7 Å². The molecule has 1 saturated carbocycles. The van der Waals surface area contributed by atoms with Gasteiger partial charge in [0.1, 0.15) is 5.75 Å². The number of amides is 2. The van der Waals surface area contributed by atoms with Crippen LogP contribution in [-0.2, 0) is 14.4 Å². The molecule has 1 heterocycles. The van der Waals surface area contributed by atoms with Crippen molar-refractivity contribution >= 4 is 35.3 Å².